The van der Waals surface area contributed by atoms with Gasteiger partial charge in [0, 0.05) is 42.5 Å². The predicted molar refractivity (Wildman–Crippen MR) is 141 cm³/mol. The Morgan fingerprint density at radius 3 is 2.62 bits per heavy atom. The fraction of sp³-hybridized carbons (Fsp3) is 0.321. The number of nitrogens with zero attached hydrogens (tertiary/aromatic N) is 1. The minimum Gasteiger partial charge on any atom is -0.454 e. The number of ether oxygens (including phenoxy) is 2. The van der Waals surface area contributed by atoms with Crippen LogP contribution in [0.2, 0.25) is 0 Å². The smallest absolute Gasteiger partial charge is 0.257 e. The van der Waals surface area contributed by atoms with Gasteiger partial charge in [0.15, 0.2) is 11.5 Å². The predicted octanol–water partition coefficient (Wildman–Crippen LogP) is 3.34. The third-order valence-electron chi connectivity index (χ3n) is 6.76. The van der Waals surface area contributed by atoms with Crippen LogP contribution in [-0.2, 0) is 17.8 Å². The van der Waals surface area contributed by atoms with E-state index in [1.54, 1.807) is 12.1 Å². The number of aromatic amines is 1. The number of hydrogen-bond donors (Lipinski definition) is 3. The number of aryl methyl sites for hydroxylation is 1. The number of para-hydroxylation sites is 1. The van der Waals surface area contributed by atoms with Gasteiger partial charge in [-0.25, -0.2) is 0 Å². The second-order valence-electron chi connectivity index (χ2n) is 9.48. The molecule has 0 saturated carbocycles. The van der Waals surface area contributed by atoms with E-state index in [0.717, 1.165) is 16.5 Å². The van der Waals surface area contributed by atoms with Crippen LogP contribution in [0.1, 0.15) is 36.7 Å². The van der Waals surface area contributed by atoms with Crippen LogP contribution in [0.25, 0.3) is 21.8 Å². The van der Waals surface area contributed by atoms with Crippen LogP contribution < -0.4 is 25.5 Å². The SMILES string of the molecule is CCn1cc(C(=O)N[C@H](C(=O)NCCc2c[nH]c3ccccc23)C(C)C)c(=O)c2cc3c(cc21)OCO3. The van der Waals surface area contributed by atoms with E-state index in [0.29, 0.717) is 41.9 Å². The minimum atomic E-state index is -0.794. The largest absolute Gasteiger partial charge is 0.454 e. The van der Waals surface area contributed by atoms with Gasteiger partial charge >= 0.3 is 0 Å². The zero-order chi connectivity index (χ0) is 26.1. The second-order valence-corrected chi connectivity index (χ2v) is 9.48. The van der Waals surface area contributed by atoms with Crippen molar-refractivity contribution >= 4 is 33.6 Å². The first-order valence-electron chi connectivity index (χ1n) is 12.5. The summed E-state index contributed by atoms with van der Waals surface area (Å²) < 4.78 is 12.7. The third kappa shape index (κ3) is 4.64. The number of amides is 2. The number of pyridine rings is 1. The highest BCUT2D eigenvalue weighted by molar-refractivity contribution is 6.00. The maximum atomic E-state index is 13.3. The first-order valence-corrected chi connectivity index (χ1v) is 12.5. The minimum absolute atomic E-state index is 0.0227. The standard InChI is InChI=1S/C28H30N4O5/c1-4-32-14-20(26(33)19-11-23-24(12-22(19)32)37-15-36-23)27(34)31-25(16(2)3)28(35)29-10-9-17-13-30-21-8-6-5-7-18(17)21/h5-8,11-14,16,25,30H,4,9-10,15H2,1-3H3,(H,29,35)(H,31,34)/t25-/m0/s1. The Kier molecular flexibility index (Phi) is 6.60. The highest BCUT2D eigenvalue weighted by Gasteiger charge is 2.27. The van der Waals surface area contributed by atoms with Crippen LogP contribution >= 0.6 is 0 Å². The molecule has 9 nitrogen and oxygen atoms in total. The number of hydrogen-bond acceptors (Lipinski definition) is 5. The molecule has 9 heteroatoms. The maximum absolute atomic E-state index is 13.3. The van der Waals surface area contributed by atoms with Gasteiger partial charge in [0.25, 0.3) is 5.91 Å². The van der Waals surface area contributed by atoms with Crippen LogP contribution in [0.4, 0.5) is 0 Å². The molecule has 0 fully saturated rings. The molecule has 5 rings (SSSR count). The topological polar surface area (TPSA) is 114 Å². The molecule has 1 aliphatic heterocycles. The third-order valence-corrected chi connectivity index (χ3v) is 6.76. The lowest BCUT2D eigenvalue weighted by Gasteiger charge is -2.22. The first-order chi connectivity index (χ1) is 17.9. The van der Waals surface area contributed by atoms with E-state index >= 15 is 0 Å². The summed E-state index contributed by atoms with van der Waals surface area (Å²) in [4.78, 5) is 42.8. The van der Waals surface area contributed by atoms with Gasteiger partial charge < -0.3 is 29.7 Å². The van der Waals surface area contributed by atoms with Crippen LogP contribution in [0.3, 0.4) is 0 Å². The Hall–Kier alpha value is -4.27. The maximum Gasteiger partial charge on any atom is 0.257 e. The summed E-state index contributed by atoms with van der Waals surface area (Å²) in [6.45, 7) is 6.69. The molecular weight excluding hydrogens is 472 g/mol. The van der Waals surface area contributed by atoms with E-state index in [1.165, 1.54) is 6.20 Å². The molecule has 0 saturated heterocycles. The molecule has 1 atom stereocenters. The fourth-order valence-electron chi connectivity index (χ4n) is 4.73. The first kappa shape index (κ1) is 24.4. The molecule has 0 spiro atoms. The van der Waals surface area contributed by atoms with Crippen LogP contribution in [0.15, 0.2) is 53.6 Å². The molecular formula is C28H30N4O5. The summed E-state index contributed by atoms with van der Waals surface area (Å²) in [5, 5.41) is 7.21. The second kappa shape index (κ2) is 10.0. The Morgan fingerprint density at radius 1 is 1.11 bits per heavy atom. The van der Waals surface area contributed by atoms with Gasteiger partial charge in [-0.1, -0.05) is 32.0 Å². The lowest BCUT2D eigenvalue weighted by molar-refractivity contribution is -0.123. The monoisotopic (exact) mass is 502 g/mol. The van der Waals surface area contributed by atoms with Crippen molar-refractivity contribution in [2.45, 2.75) is 39.8 Å². The summed E-state index contributed by atoms with van der Waals surface area (Å²) in [5.41, 5.74) is 2.37. The molecule has 2 aromatic carbocycles. The molecule has 4 aromatic rings. The van der Waals surface area contributed by atoms with Crippen molar-refractivity contribution in [1.29, 1.82) is 0 Å². The molecule has 192 valence electrons. The number of carbonyl (C=O) groups is 2. The molecule has 2 aromatic heterocycles. The van der Waals surface area contributed by atoms with Gasteiger partial charge in [-0.3, -0.25) is 14.4 Å². The van der Waals surface area contributed by atoms with Crippen LogP contribution in [0, 0.1) is 5.92 Å². The molecule has 3 N–H and O–H groups in total. The summed E-state index contributed by atoms with van der Waals surface area (Å²) in [6.07, 6.45) is 4.13. The lowest BCUT2D eigenvalue weighted by atomic mass is 10.0. The number of aromatic nitrogens is 2. The number of rotatable bonds is 8. The normalized spacial score (nSPS) is 13.3. The fourth-order valence-corrected chi connectivity index (χ4v) is 4.73. The summed E-state index contributed by atoms with van der Waals surface area (Å²) >= 11 is 0. The van der Waals surface area contributed by atoms with Crippen molar-refractivity contribution in [1.82, 2.24) is 20.2 Å². The molecule has 0 radical (unpaired) electrons. The lowest BCUT2D eigenvalue weighted by Crippen LogP contribution is -2.50. The number of nitrogens with one attached hydrogen (secondary N) is 3. The molecule has 3 heterocycles. The molecule has 0 aliphatic carbocycles. The highest BCUT2D eigenvalue weighted by atomic mass is 16.7. The number of fused-ring (bicyclic) bond motifs is 3. The van der Waals surface area contributed by atoms with Crippen molar-refractivity contribution in [3.05, 3.63) is 70.1 Å². The molecule has 0 bridgehead atoms. The van der Waals surface area contributed by atoms with Crippen molar-refractivity contribution in [2.75, 3.05) is 13.3 Å². The number of carbonyl (C=O) groups excluding carboxylic acids is 2. The van der Waals surface area contributed by atoms with Crippen molar-refractivity contribution < 1.29 is 19.1 Å². The summed E-state index contributed by atoms with van der Waals surface area (Å²) in [5.74, 6) is -0.0185. The summed E-state index contributed by atoms with van der Waals surface area (Å²) in [6, 6.07) is 10.6. The van der Waals surface area contributed by atoms with E-state index in [1.807, 2.05) is 55.8 Å². The van der Waals surface area contributed by atoms with Gasteiger partial charge in [-0.05, 0) is 37.0 Å². The van der Waals surface area contributed by atoms with E-state index in [-0.39, 0.29) is 24.2 Å². The van der Waals surface area contributed by atoms with E-state index in [4.69, 9.17) is 9.47 Å². The van der Waals surface area contributed by atoms with E-state index in [2.05, 4.69) is 15.6 Å². The zero-order valence-electron chi connectivity index (χ0n) is 21.1. The molecule has 2 amide bonds. The van der Waals surface area contributed by atoms with Crippen LogP contribution in [-0.4, -0.2) is 40.7 Å². The Balaban J connectivity index is 1.33. The van der Waals surface area contributed by atoms with Crippen LogP contribution in [0.5, 0.6) is 11.5 Å². The van der Waals surface area contributed by atoms with Crippen molar-refractivity contribution in [2.24, 2.45) is 5.92 Å². The highest BCUT2D eigenvalue weighted by Crippen LogP contribution is 2.35. The Bertz CT molecular complexity index is 1550. The summed E-state index contributed by atoms with van der Waals surface area (Å²) in [7, 11) is 0. The van der Waals surface area contributed by atoms with Gasteiger partial charge in [0.05, 0.1) is 10.9 Å². The number of H-pyrrole nitrogens is 1. The van der Waals surface area contributed by atoms with E-state index in [9.17, 15) is 14.4 Å². The Labute approximate surface area is 213 Å². The van der Waals surface area contributed by atoms with Crippen molar-refractivity contribution in [3.8, 4) is 11.5 Å². The van der Waals surface area contributed by atoms with Gasteiger partial charge in [0.2, 0.25) is 18.1 Å². The molecule has 1 aliphatic rings. The van der Waals surface area contributed by atoms with E-state index < -0.39 is 17.4 Å². The van der Waals surface area contributed by atoms with Crippen molar-refractivity contribution in [3.63, 3.8) is 0 Å². The van der Waals surface area contributed by atoms with Gasteiger partial charge in [0.1, 0.15) is 11.6 Å². The van der Waals surface area contributed by atoms with Gasteiger partial charge in [-0.15, -0.1) is 0 Å². The zero-order valence-corrected chi connectivity index (χ0v) is 21.1. The molecule has 0 unspecified atom stereocenters. The van der Waals surface area contributed by atoms with Gasteiger partial charge in [-0.2, -0.15) is 0 Å². The number of benzene rings is 2. The average molecular weight is 503 g/mol. The molecule has 37 heavy (non-hydrogen) atoms. The Morgan fingerprint density at radius 2 is 1.86 bits per heavy atom. The average Bonchev–Trinajstić information content (AvgIpc) is 3.53. The quantitative estimate of drug-likeness (QED) is 0.342.